The van der Waals surface area contributed by atoms with Crippen molar-refractivity contribution in [2.45, 2.75) is 0 Å². The van der Waals surface area contributed by atoms with Gasteiger partial charge in [0.2, 0.25) is 0 Å². The fourth-order valence-electron chi connectivity index (χ4n) is 1.06. The van der Waals surface area contributed by atoms with Gasteiger partial charge < -0.3 is 11.5 Å². The molecule has 0 aliphatic heterocycles. The van der Waals surface area contributed by atoms with Gasteiger partial charge in [0.05, 0.1) is 5.69 Å². The second kappa shape index (κ2) is 2.78. The first-order valence-corrected chi connectivity index (χ1v) is 3.79. The molecule has 0 amide bonds. The van der Waals surface area contributed by atoms with E-state index < -0.39 is 0 Å². The lowest BCUT2D eigenvalue weighted by atomic mass is 10.4. The van der Waals surface area contributed by atoms with Crippen LogP contribution in [0.5, 0.6) is 0 Å². The Morgan fingerprint density at radius 3 is 2.62 bits per heavy atom. The molecule has 0 atom stereocenters. The normalized spacial score (nSPS) is 10.2. The van der Waals surface area contributed by atoms with Crippen molar-refractivity contribution in [3.8, 4) is 5.69 Å². The van der Waals surface area contributed by atoms with Crippen molar-refractivity contribution in [1.82, 2.24) is 14.8 Å². The van der Waals surface area contributed by atoms with Crippen LogP contribution in [0.25, 0.3) is 5.69 Å². The third kappa shape index (κ3) is 1.44. The largest absolute Gasteiger partial charge is 0.384 e. The maximum absolute atomic E-state index is 5.52. The number of anilines is 2. The molecule has 13 heavy (non-hydrogen) atoms. The minimum Gasteiger partial charge on any atom is -0.384 e. The van der Waals surface area contributed by atoms with E-state index in [1.807, 2.05) is 6.07 Å². The molecule has 66 valence electrons. The predicted octanol–water partition coefficient (Wildman–Crippen LogP) is 0.432. The molecule has 2 rings (SSSR count). The molecule has 5 nitrogen and oxygen atoms in total. The van der Waals surface area contributed by atoms with E-state index in [9.17, 15) is 0 Å². The molecule has 0 aliphatic carbocycles. The molecule has 4 N–H and O–H groups in total. The van der Waals surface area contributed by atoms with Gasteiger partial charge in [-0.25, -0.2) is 9.67 Å². The number of hydrogen-bond acceptors (Lipinski definition) is 4. The lowest BCUT2D eigenvalue weighted by molar-refractivity contribution is 0.884. The Morgan fingerprint density at radius 1 is 1.15 bits per heavy atom. The van der Waals surface area contributed by atoms with Crippen molar-refractivity contribution < 1.29 is 0 Å². The molecule has 0 bridgehead atoms. The first-order chi connectivity index (χ1) is 6.25. The first kappa shape index (κ1) is 7.60. The van der Waals surface area contributed by atoms with E-state index in [-0.39, 0.29) is 0 Å². The van der Waals surface area contributed by atoms with Crippen molar-refractivity contribution in [2.75, 3.05) is 11.5 Å². The van der Waals surface area contributed by atoms with E-state index in [2.05, 4.69) is 10.1 Å². The third-order valence-corrected chi connectivity index (χ3v) is 1.64. The van der Waals surface area contributed by atoms with Crippen LogP contribution < -0.4 is 11.5 Å². The first-order valence-electron chi connectivity index (χ1n) is 3.79. The zero-order valence-corrected chi connectivity index (χ0v) is 6.88. The molecule has 5 heteroatoms. The third-order valence-electron chi connectivity index (χ3n) is 1.64. The molecule has 2 heterocycles. The van der Waals surface area contributed by atoms with E-state index in [1.54, 1.807) is 29.2 Å². The van der Waals surface area contributed by atoms with Crippen molar-refractivity contribution in [3.63, 3.8) is 0 Å². The Kier molecular flexibility index (Phi) is 1.63. The van der Waals surface area contributed by atoms with Gasteiger partial charge in [-0.1, -0.05) is 0 Å². The quantitative estimate of drug-likeness (QED) is 0.658. The number of nitrogen functional groups attached to an aromatic ring is 2. The molecule has 0 aromatic carbocycles. The highest BCUT2D eigenvalue weighted by atomic mass is 15.3. The number of hydrogen-bond donors (Lipinski definition) is 2. The SMILES string of the molecule is Nc1cc(-n2ccc(N)n2)ccn1. The van der Waals surface area contributed by atoms with Crippen molar-refractivity contribution in [3.05, 3.63) is 30.6 Å². The van der Waals surface area contributed by atoms with Crippen LogP contribution >= 0.6 is 0 Å². The summed E-state index contributed by atoms with van der Waals surface area (Å²) in [6.07, 6.45) is 3.40. The van der Waals surface area contributed by atoms with Crippen LogP contribution in [0.4, 0.5) is 11.6 Å². The summed E-state index contributed by atoms with van der Waals surface area (Å²) in [5.74, 6) is 0.946. The Morgan fingerprint density at radius 2 is 2.00 bits per heavy atom. The van der Waals surface area contributed by atoms with Crippen LogP contribution in [0.2, 0.25) is 0 Å². The lowest BCUT2D eigenvalue weighted by Crippen LogP contribution is -1.98. The lowest BCUT2D eigenvalue weighted by Gasteiger charge is -2.00. The van der Waals surface area contributed by atoms with Gasteiger partial charge in [-0.2, -0.15) is 5.10 Å². The summed E-state index contributed by atoms with van der Waals surface area (Å²) < 4.78 is 1.65. The van der Waals surface area contributed by atoms with Gasteiger partial charge in [0.15, 0.2) is 0 Å². The topological polar surface area (TPSA) is 82.8 Å². The van der Waals surface area contributed by atoms with E-state index in [1.165, 1.54) is 0 Å². The predicted molar refractivity (Wildman–Crippen MR) is 50.2 cm³/mol. The van der Waals surface area contributed by atoms with E-state index in [0.717, 1.165) is 5.69 Å². The monoisotopic (exact) mass is 175 g/mol. The van der Waals surface area contributed by atoms with Gasteiger partial charge in [0.25, 0.3) is 0 Å². The summed E-state index contributed by atoms with van der Waals surface area (Å²) in [4.78, 5) is 3.88. The van der Waals surface area contributed by atoms with Crippen LogP contribution in [0, 0.1) is 0 Å². The Bertz CT molecular complexity index is 420. The summed E-state index contributed by atoms with van der Waals surface area (Å²) in [7, 11) is 0. The minimum absolute atomic E-state index is 0.464. The smallest absolute Gasteiger partial charge is 0.145 e. The summed E-state index contributed by atoms with van der Waals surface area (Å²) in [5.41, 5.74) is 11.8. The minimum atomic E-state index is 0.464. The van der Waals surface area contributed by atoms with Crippen LogP contribution in [-0.4, -0.2) is 14.8 Å². The number of pyridine rings is 1. The second-order valence-electron chi connectivity index (χ2n) is 2.62. The molecule has 0 radical (unpaired) electrons. The number of aromatic nitrogens is 3. The Balaban J connectivity index is 2.46. The van der Waals surface area contributed by atoms with E-state index >= 15 is 0 Å². The number of nitrogens with two attached hydrogens (primary N) is 2. The second-order valence-corrected chi connectivity index (χ2v) is 2.62. The number of rotatable bonds is 1. The highest BCUT2D eigenvalue weighted by Crippen LogP contribution is 2.09. The molecule has 0 fully saturated rings. The highest BCUT2D eigenvalue weighted by molar-refractivity contribution is 5.42. The average Bonchev–Trinajstić information content (AvgIpc) is 2.52. The summed E-state index contributed by atoms with van der Waals surface area (Å²) in [6.45, 7) is 0. The van der Waals surface area contributed by atoms with Crippen molar-refractivity contribution >= 4 is 11.6 Å². The fourth-order valence-corrected chi connectivity index (χ4v) is 1.06. The molecule has 2 aromatic rings. The van der Waals surface area contributed by atoms with Crippen LogP contribution in [-0.2, 0) is 0 Å². The molecule has 0 aliphatic rings. The Labute approximate surface area is 75.0 Å². The summed E-state index contributed by atoms with van der Waals surface area (Å²) in [5, 5.41) is 4.03. The van der Waals surface area contributed by atoms with Gasteiger partial charge in [0.1, 0.15) is 11.6 Å². The fraction of sp³-hybridized carbons (Fsp3) is 0. The zero-order chi connectivity index (χ0) is 9.26. The van der Waals surface area contributed by atoms with Crippen molar-refractivity contribution in [2.24, 2.45) is 0 Å². The summed E-state index contributed by atoms with van der Waals surface area (Å²) >= 11 is 0. The van der Waals surface area contributed by atoms with Crippen LogP contribution in [0.3, 0.4) is 0 Å². The van der Waals surface area contributed by atoms with Crippen molar-refractivity contribution in [1.29, 1.82) is 0 Å². The molecule has 0 saturated carbocycles. The standard InChI is InChI=1S/C8H9N5/c9-7-2-4-13(12-7)6-1-3-11-8(10)5-6/h1-5H,(H2,9,12)(H2,10,11). The molecular weight excluding hydrogens is 166 g/mol. The summed E-state index contributed by atoms with van der Waals surface area (Å²) in [6, 6.07) is 5.26. The van der Waals surface area contributed by atoms with Gasteiger partial charge in [0, 0.05) is 24.5 Å². The average molecular weight is 175 g/mol. The zero-order valence-electron chi connectivity index (χ0n) is 6.88. The molecule has 0 spiro atoms. The van der Waals surface area contributed by atoms with E-state index in [4.69, 9.17) is 11.5 Å². The van der Waals surface area contributed by atoms with Gasteiger partial charge in [-0.15, -0.1) is 0 Å². The van der Waals surface area contributed by atoms with E-state index in [0.29, 0.717) is 11.6 Å². The number of nitrogens with zero attached hydrogens (tertiary/aromatic N) is 3. The Hall–Kier alpha value is -2.04. The van der Waals surface area contributed by atoms with Crippen LogP contribution in [0.15, 0.2) is 30.6 Å². The maximum atomic E-state index is 5.52. The maximum Gasteiger partial charge on any atom is 0.145 e. The highest BCUT2D eigenvalue weighted by Gasteiger charge is 1.98. The van der Waals surface area contributed by atoms with Gasteiger partial charge in [-0.05, 0) is 6.07 Å². The molecular formula is C8H9N5. The molecule has 0 unspecified atom stereocenters. The molecule has 2 aromatic heterocycles. The van der Waals surface area contributed by atoms with Gasteiger partial charge in [-0.3, -0.25) is 0 Å². The van der Waals surface area contributed by atoms with Crippen LogP contribution in [0.1, 0.15) is 0 Å². The molecule has 0 saturated heterocycles. The van der Waals surface area contributed by atoms with Gasteiger partial charge >= 0.3 is 0 Å².